The Morgan fingerprint density at radius 1 is 1.30 bits per heavy atom. The topological polar surface area (TPSA) is 88.3 Å². The largest absolute Gasteiger partial charge is 0.384 e. The van der Waals surface area contributed by atoms with Gasteiger partial charge >= 0.3 is 0 Å². The molecule has 0 bridgehead atoms. The van der Waals surface area contributed by atoms with Crippen molar-refractivity contribution in [2.75, 3.05) is 18.8 Å². The van der Waals surface area contributed by atoms with Crippen LogP contribution < -0.4 is 10.5 Å². The number of nitrogens with two attached hydrogens (primary N) is 1. The first kappa shape index (κ1) is 13.8. The monoisotopic (exact) mass is 296 g/mol. The molecule has 0 amide bonds. The Kier molecular flexibility index (Phi) is 3.66. The molecule has 0 saturated carbocycles. The third-order valence-corrected chi connectivity index (χ3v) is 5.71. The molecule has 2 aliphatic rings. The highest BCUT2D eigenvalue weighted by Crippen LogP contribution is 2.28. The number of rotatable bonds is 3. The summed E-state index contributed by atoms with van der Waals surface area (Å²) in [5.74, 6) is 0.221. The van der Waals surface area contributed by atoms with E-state index in [1.807, 2.05) is 0 Å². The molecular weight excluding hydrogens is 276 g/mol. The van der Waals surface area contributed by atoms with Crippen molar-refractivity contribution in [3.05, 3.63) is 18.3 Å². The predicted octanol–water partition coefficient (Wildman–Crippen LogP) is 0.569. The molecule has 6 nitrogen and oxygen atoms in total. The molecule has 2 unspecified atom stereocenters. The molecule has 3 N–H and O–H groups in total. The minimum Gasteiger partial charge on any atom is -0.384 e. The van der Waals surface area contributed by atoms with E-state index in [1.165, 1.54) is 31.2 Å². The van der Waals surface area contributed by atoms with Crippen LogP contribution in [0.15, 0.2) is 23.2 Å². The lowest BCUT2D eigenvalue weighted by atomic mass is 10.00. The Morgan fingerprint density at radius 2 is 2.15 bits per heavy atom. The maximum atomic E-state index is 12.4. The van der Waals surface area contributed by atoms with Crippen molar-refractivity contribution >= 4 is 15.8 Å². The van der Waals surface area contributed by atoms with E-state index < -0.39 is 10.0 Å². The average Bonchev–Trinajstić information content (AvgIpc) is 2.82. The summed E-state index contributed by atoms with van der Waals surface area (Å²) in [6.07, 6.45) is 5.78. The molecule has 7 heteroatoms. The highest BCUT2D eigenvalue weighted by Gasteiger charge is 2.37. The Balaban J connectivity index is 1.77. The van der Waals surface area contributed by atoms with Gasteiger partial charge in [-0.2, -0.15) is 0 Å². The lowest BCUT2D eigenvalue weighted by molar-refractivity contribution is 0.186. The second-order valence-electron chi connectivity index (χ2n) is 5.53. The molecule has 0 spiro atoms. The van der Waals surface area contributed by atoms with Crippen LogP contribution in [0.2, 0.25) is 0 Å². The van der Waals surface area contributed by atoms with Gasteiger partial charge in [-0.25, -0.2) is 18.1 Å². The number of hydrogen-bond donors (Lipinski definition) is 2. The molecule has 0 radical (unpaired) electrons. The molecular formula is C13H20N4O2S. The van der Waals surface area contributed by atoms with Crippen molar-refractivity contribution < 1.29 is 8.42 Å². The minimum absolute atomic E-state index is 0.00897. The average molecular weight is 296 g/mol. The summed E-state index contributed by atoms with van der Waals surface area (Å²) < 4.78 is 27.6. The van der Waals surface area contributed by atoms with Gasteiger partial charge in [0.2, 0.25) is 10.0 Å². The Labute approximate surface area is 119 Å². The number of nitrogen functional groups attached to an aromatic ring is 1. The number of nitrogens with one attached hydrogen (secondary N) is 1. The normalized spacial score (nSPS) is 27.4. The third kappa shape index (κ3) is 2.65. The summed E-state index contributed by atoms with van der Waals surface area (Å²) in [5.41, 5.74) is 5.56. The maximum Gasteiger partial charge on any atom is 0.241 e. The number of pyridine rings is 1. The van der Waals surface area contributed by atoms with E-state index in [9.17, 15) is 8.42 Å². The van der Waals surface area contributed by atoms with Gasteiger partial charge in [0.25, 0.3) is 0 Å². The molecule has 3 heterocycles. The van der Waals surface area contributed by atoms with Crippen LogP contribution in [0.1, 0.15) is 25.7 Å². The second-order valence-corrected chi connectivity index (χ2v) is 7.25. The van der Waals surface area contributed by atoms with Crippen molar-refractivity contribution in [1.82, 2.24) is 14.6 Å². The molecule has 2 fully saturated rings. The van der Waals surface area contributed by atoms with Gasteiger partial charge in [-0.3, -0.25) is 4.90 Å². The van der Waals surface area contributed by atoms with Crippen molar-refractivity contribution in [2.24, 2.45) is 0 Å². The molecule has 110 valence electrons. The van der Waals surface area contributed by atoms with Crippen LogP contribution in [-0.2, 0) is 10.0 Å². The van der Waals surface area contributed by atoms with Crippen LogP contribution in [0.5, 0.6) is 0 Å². The fraction of sp³-hybridized carbons (Fsp3) is 0.615. The zero-order chi connectivity index (χ0) is 14.2. The summed E-state index contributed by atoms with van der Waals surface area (Å²) in [5, 5.41) is 0. The van der Waals surface area contributed by atoms with Crippen LogP contribution in [0, 0.1) is 0 Å². The number of hydrogen-bond acceptors (Lipinski definition) is 5. The molecule has 3 rings (SSSR count). The van der Waals surface area contributed by atoms with Gasteiger partial charge < -0.3 is 5.73 Å². The maximum absolute atomic E-state index is 12.4. The first-order valence-electron chi connectivity index (χ1n) is 7.04. The summed E-state index contributed by atoms with van der Waals surface area (Å²) in [6.45, 7) is 2.07. The summed E-state index contributed by atoms with van der Waals surface area (Å²) in [4.78, 5) is 6.42. The number of anilines is 1. The minimum atomic E-state index is -3.51. The summed E-state index contributed by atoms with van der Waals surface area (Å²) >= 11 is 0. The van der Waals surface area contributed by atoms with Crippen molar-refractivity contribution in [3.63, 3.8) is 0 Å². The number of nitrogens with zero attached hydrogens (tertiary/aromatic N) is 2. The van der Waals surface area contributed by atoms with Crippen LogP contribution in [-0.4, -0.2) is 43.5 Å². The molecule has 1 aromatic rings. The molecule has 1 aromatic heterocycles. The van der Waals surface area contributed by atoms with Gasteiger partial charge in [-0.15, -0.1) is 0 Å². The first-order chi connectivity index (χ1) is 9.56. The van der Waals surface area contributed by atoms with Crippen LogP contribution in [0.25, 0.3) is 0 Å². The SMILES string of the molecule is Nc1cc(S(=O)(=O)NC2CCN3CCCCC23)ccn1. The summed E-state index contributed by atoms with van der Waals surface area (Å²) in [7, 11) is -3.51. The van der Waals surface area contributed by atoms with Gasteiger partial charge in [0.15, 0.2) is 0 Å². The van der Waals surface area contributed by atoms with E-state index in [0.29, 0.717) is 6.04 Å². The Hall–Kier alpha value is -1.18. The number of fused-ring (bicyclic) bond motifs is 1. The number of piperidine rings is 1. The van der Waals surface area contributed by atoms with E-state index >= 15 is 0 Å². The van der Waals surface area contributed by atoms with Gasteiger partial charge in [-0.1, -0.05) is 6.42 Å². The number of aromatic nitrogens is 1. The smallest absolute Gasteiger partial charge is 0.241 e. The molecule has 2 aliphatic heterocycles. The fourth-order valence-electron chi connectivity index (χ4n) is 3.25. The predicted molar refractivity (Wildman–Crippen MR) is 76.6 cm³/mol. The molecule has 20 heavy (non-hydrogen) atoms. The standard InChI is InChI=1S/C13H20N4O2S/c14-13-9-10(4-6-15-13)20(18,19)16-11-5-8-17-7-2-1-3-12(11)17/h4,6,9,11-12,16H,1-3,5,7-8H2,(H2,14,15). The van der Waals surface area contributed by atoms with E-state index in [1.54, 1.807) is 0 Å². The fourth-order valence-corrected chi connectivity index (χ4v) is 4.57. The van der Waals surface area contributed by atoms with Crippen molar-refractivity contribution in [1.29, 1.82) is 0 Å². The highest BCUT2D eigenvalue weighted by molar-refractivity contribution is 7.89. The zero-order valence-electron chi connectivity index (χ0n) is 11.3. The Morgan fingerprint density at radius 3 is 2.95 bits per heavy atom. The highest BCUT2D eigenvalue weighted by atomic mass is 32.2. The van der Waals surface area contributed by atoms with E-state index in [2.05, 4.69) is 14.6 Å². The van der Waals surface area contributed by atoms with E-state index in [4.69, 9.17) is 5.73 Å². The van der Waals surface area contributed by atoms with E-state index in [-0.39, 0.29) is 16.8 Å². The number of sulfonamides is 1. The van der Waals surface area contributed by atoms with Crippen LogP contribution in [0.4, 0.5) is 5.82 Å². The molecule has 0 aliphatic carbocycles. The molecule has 0 aromatic carbocycles. The quantitative estimate of drug-likeness (QED) is 0.851. The van der Waals surface area contributed by atoms with Crippen molar-refractivity contribution in [3.8, 4) is 0 Å². The third-order valence-electron chi connectivity index (χ3n) is 4.23. The zero-order valence-corrected chi connectivity index (χ0v) is 12.1. The second kappa shape index (κ2) is 5.31. The van der Waals surface area contributed by atoms with Gasteiger partial charge in [0, 0.05) is 30.9 Å². The molecule has 2 atom stereocenters. The van der Waals surface area contributed by atoms with Crippen LogP contribution in [0.3, 0.4) is 0 Å². The van der Waals surface area contributed by atoms with Crippen molar-refractivity contribution in [2.45, 2.75) is 42.7 Å². The van der Waals surface area contributed by atoms with Gasteiger partial charge in [-0.05, 0) is 31.9 Å². The van der Waals surface area contributed by atoms with Crippen LogP contribution >= 0.6 is 0 Å². The first-order valence-corrected chi connectivity index (χ1v) is 8.52. The Bertz CT molecular complexity index is 590. The van der Waals surface area contributed by atoms with Gasteiger partial charge in [0.05, 0.1) is 4.90 Å². The summed E-state index contributed by atoms with van der Waals surface area (Å²) in [6, 6.07) is 3.23. The van der Waals surface area contributed by atoms with E-state index in [0.717, 1.165) is 25.9 Å². The lowest BCUT2D eigenvalue weighted by Crippen LogP contribution is -2.46. The lowest BCUT2D eigenvalue weighted by Gasteiger charge is -2.32. The molecule has 2 saturated heterocycles. The van der Waals surface area contributed by atoms with Gasteiger partial charge in [0.1, 0.15) is 5.82 Å².